The number of allylic oxidation sites excluding steroid dienone is 1. The van der Waals surface area contributed by atoms with Crippen molar-refractivity contribution >= 4 is 27.6 Å². The Morgan fingerprint density at radius 3 is 1.65 bits per heavy atom. The van der Waals surface area contributed by atoms with Crippen molar-refractivity contribution < 1.29 is 81.6 Å². The van der Waals surface area contributed by atoms with E-state index in [4.69, 9.17) is 33.0 Å². The number of ether oxygens (including phenoxy) is 3. The number of hydrogen-bond acceptors (Lipinski definition) is 14. The molecule has 1 saturated carbocycles. The standard InChI is InChI=1S/C43H80O17P2/c1-3-5-7-8-9-10-11-12-13-14-19-22-26-30-37(45)57-33(32-56-62(53,54)60-43-40(48)38(46)39(47)42(41(43)49)59-61(50,51)52)31-55-36(44)29-25-21-18-16-15-17-20-24-28-35-34(58-35)27-23-6-4-2/h20,24,33-35,38-43,46-49H,3-19,21-23,25-32H2,1-2H3,(H,53,54)(H2,50,51,52)/b24-20-/t33-,34?,35?,38?,39?,40?,41?,42-,43+/m1/s1. The van der Waals surface area contributed by atoms with Gasteiger partial charge in [-0.2, -0.15) is 0 Å². The number of carbonyl (C=O) groups excluding carboxylic acids is 2. The van der Waals surface area contributed by atoms with Crippen LogP contribution in [0.1, 0.15) is 181 Å². The molecule has 0 spiro atoms. The highest BCUT2D eigenvalue weighted by molar-refractivity contribution is 7.47. The van der Waals surface area contributed by atoms with Gasteiger partial charge in [-0.1, -0.05) is 142 Å². The quantitative estimate of drug-likeness (QED) is 0.0105. The highest BCUT2D eigenvalue weighted by Gasteiger charge is 2.54. The number of aliphatic hydroxyl groups excluding tert-OH is 4. The van der Waals surface area contributed by atoms with Gasteiger partial charge in [0.2, 0.25) is 0 Å². The van der Waals surface area contributed by atoms with Crippen molar-refractivity contribution in [3.8, 4) is 0 Å². The lowest BCUT2D eigenvalue weighted by Gasteiger charge is -2.43. The lowest BCUT2D eigenvalue weighted by Crippen LogP contribution is -2.64. The van der Waals surface area contributed by atoms with Crippen LogP contribution in [0.25, 0.3) is 0 Å². The summed E-state index contributed by atoms with van der Waals surface area (Å²) in [5, 5.41) is 41.2. The van der Waals surface area contributed by atoms with E-state index >= 15 is 0 Å². The highest BCUT2D eigenvalue weighted by Crippen LogP contribution is 2.49. The Labute approximate surface area is 369 Å². The smallest absolute Gasteiger partial charge is 0.462 e. The van der Waals surface area contributed by atoms with E-state index in [2.05, 4.69) is 30.5 Å². The molecular weight excluding hydrogens is 850 g/mol. The van der Waals surface area contributed by atoms with Crippen molar-refractivity contribution in [3.05, 3.63) is 12.2 Å². The molecule has 2 rings (SSSR count). The van der Waals surface area contributed by atoms with Crippen molar-refractivity contribution in [2.24, 2.45) is 0 Å². The molecule has 62 heavy (non-hydrogen) atoms. The molecule has 10 atom stereocenters. The summed E-state index contributed by atoms with van der Waals surface area (Å²) < 4.78 is 55.1. The number of aliphatic hydroxyl groups is 4. The number of carbonyl (C=O) groups is 2. The number of phosphoric acid groups is 2. The van der Waals surface area contributed by atoms with E-state index in [0.717, 1.165) is 70.6 Å². The molecule has 1 aliphatic heterocycles. The van der Waals surface area contributed by atoms with Gasteiger partial charge in [0, 0.05) is 12.8 Å². The van der Waals surface area contributed by atoms with E-state index in [9.17, 15) is 44.0 Å². The zero-order valence-electron chi connectivity index (χ0n) is 37.3. The third kappa shape index (κ3) is 26.0. The van der Waals surface area contributed by atoms with E-state index < -0.39 is 83.5 Å². The molecule has 0 radical (unpaired) electrons. The fourth-order valence-electron chi connectivity index (χ4n) is 7.50. The zero-order valence-corrected chi connectivity index (χ0v) is 39.0. The number of phosphoric ester groups is 2. The van der Waals surface area contributed by atoms with Gasteiger partial charge < -0.3 is 49.3 Å². The zero-order chi connectivity index (χ0) is 45.8. The average molecular weight is 931 g/mol. The minimum Gasteiger partial charge on any atom is -0.462 e. The monoisotopic (exact) mass is 930 g/mol. The van der Waals surface area contributed by atoms with Gasteiger partial charge in [-0.05, 0) is 38.5 Å². The summed E-state index contributed by atoms with van der Waals surface area (Å²) >= 11 is 0. The molecule has 1 saturated heterocycles. The molecule has 0 amide bonds. The first-order chi connectivity index (χ1) is 29.6. The van der Waals surface area contributed by atoms with Crippen molar-refractivity contribution in [2.75, 3.05) is 13.2 Å². The van der Waals surface area contributed by atoms with Gasteiger partial charge in [0.1, 0.15) is 43.2 Å². The second kappa shape index (κ2) is 32.4. The van der Waals surface area contributed by atoms with Crippen LogP contribution in [0.3, 0.4) is 0 Å². The maximum atomic E-state index is 13.0. The largest absolute Gasteiger partial charge is 0.472 e. The highest BCUT2D eigenvalue weighted by atomic mass is 31.2. The molecule has 0 aromatic heterocycles. The Bertz CT molecular complexity index is 1330. The lowest BCUT2D eigenvalue weighted by molar-refractivity contribution is -0.216. The van der Waals surface area contributed by atoms with Gasteiger partial charge in [0.05, 0.1) is 18.8 Å². The average Bonchev–Trinajstić information content (AvgIpc) is 3.98. The van der Waals surface area contributed by atoms with Crippen LogP contribution in [0.15, 0.2) is 12.2 Å². The predicted octanol–water partition coefficient (Wildman–Crippen LogP) is 7.38. The van der Waals surface area contributed by atoms with Crippen LogP contribution in [0, 0.1) is 0 Å². The molecule has 1 aliphatic carbocycles. The minimum atomic E-state index is -5.36. The predicted molar refractivity (Wildman–Crippen MR) is 232 cm³/mol. The Balaban J connectivity index is 1.79. The molecule has 17 nitrogen and oxygen atoms in total. The van der Waals surface area contributed by atoms with Crippen LogP contribution in [0.4, 0.5) is 0 Å². The topological polar surface area (TPSA) is 269 Å². The summed E-state index contributed by atoms with van der Waals surface area (Å²) in [7, 11) is -10.7. The van der Waals surface area contributed by atoms with E-state index in [1.807, 2.05) is 0 Å². The number of epoxide rings is 1. The van der Waals surface area contributed by atoms with E-state index in [-0.39, 0.29) is 12.8 Å². The minimum absolute atomic E-state index is 0.0431. The second-order valence-corrected chi connectivity index (χ2v) is 19.5. The summed E-state index contributed by atoms with van der Waals surface area (Å²) in [6, 6.07) is 0. The third-order valence-electron chi connectivity index (χ3n) is 11.3. The Hall–Kier alpha value is -1.30. The van der Waals surface area contributed by atoms with Gasteiger partial charge in [-0.15, -0.1) is 0 Å². The van der Waals surface area contributed by atoms with Crippen molar-refractivity contribution in [2.45, 2.75) is 236 Å². The van der Waals surface area contributed by atoms with Crippen LogP contribution in [0.2, 0.25) is 0 Å². The van der Waals surface area contributed by atoms with Crippen molar-refractivity contribution in [1.29, 1.82) is 0 Å². The Kier molecular flexibility index (Phi) is 29.7. The summed E-state index contributed by atoms with van der Waals surface area (Å²) in [5.74, 6) is -1.22. The van der Waals surface area contributed by atoms with E-state index in [1.165, 1.54) is 70.6 Å². The molecule has 0 aromatic rings. The first-order valence-corrected chi connectivity index (χ1v) is 26.4. The first kappa shape index (κ1) is 56.8. The molecule has 364 valence electrons. The summed E-state index contributed by atoms with van der Waals surface area (Å²) in [6.07, 6.45) is 16.3. The lowest BCUT2D eigenvalue weighted by atomic mass is 9.85. The van der Waals surface area contributed by atoms with Crippen molar-refractivity contribution in [3.63, 3.8) is 0 Å². The summed E-state index contributed by atoms with van der Waals surface area (Å²) in [5.41, 5.74) is 0. The molecule has 7 unspecified atom stereocenters. The maximum Gasteiger partial charge on any atom is 0.472 e. The van der Waals surface area contributed by atoms with Gasteiger partial charge in [-0.25, -0.2) is 9.13 Å². The van der Waals surface area contributed by atoms with Gasteiger partial charge >= 0.3 is 27.6 Å². The maximum absolute atomic E-state index is 13.0. The Morgan fingerprint density at radius 1 is 0.581 bits per heavy atom. The SMILES string of the molecule is CCCCCCCCCCCCCCCC(=O)O[C@H](COC(=O)CCCCCCC/C=C\CC1OC1CCCCC)COP(=O)(O)O[C@H]1C(O)C(O)C(O)[C@@H](OP(=O)(O)O)C1O. The van der Waals surface area contributed by atoms with Crippen molar-refractivity contribution in [1.82, 2.24) is 0 Å². The normalized spacial score (nSPS) is 25.4. The molecule has 0 aromatic carbocycles. The van der Waals surface area contributed by atoms with Crippen LogP contribution in [-0.2, 0) is 46.5 Å². The fourth-order valence-corrected chi connectivity index (χ4v) is 9.04. The summed E-state index contributed by atoms with van der Waals surface area (Å²) in [4.78, 5) is 54.2. The van der Waals surface area contributed by atoms with Gasteiger partial charge in [0.25, 0.3) is 0 Å². The third-order valence-corrected chi connectivity index (χ3v) is 12.8. The molecule has 1 heterocycles. The molecule has 7 N–H and O–H groups in total. The Morgan fingerprint density at radius 2 is 1.08 bits per heavy atom. The molecule has 2 fully saturated rings. The summed E-state index contributed by atoms with van der Waals surface area (Å²) in [6.45, 7) is 3.06. The molecule has 2 aliphatic rings. The van der Waals surface area contributed by atoms with Gasteiger partial charge in [0.15, 0.2) is 6.10 Å². The van der Waals surface area contributed by atoms with Crippen LogP contribution in [0.5, 0.6) is 0 Å². The number of rotatable bonds is 38. The van der Waals surface area contributed by atoms with Crippen LogP contribution in [-0.4, -0.2) is 115 Å². The van der Waals surface area contributed by atoms with E-state index in [0.29, 0.717) is 25.0 Å². The van der Waals surface area contributed by atoms with Crippen LogP contribution >= 0.6 is 15.6 Å². The number of hydrogen-bond donors (Lipinski definition) is 7. The molecule has 0 bridgehead atoms. The number of unbranched alkanes of at least 4 members (excludes halogenated alkanes) is 19. The van der Waals surface area contributed by atoms with E-state index in [1.54, 1.807) is 0 Å². The second-order valence-electron chi connectivity index (χ2n) is 16.9. The first-order valence-electron chi connectivity index (χ1n) is 23.4. The van der Waals surface area contributed by atoms with Gasteiger partial charge in [-0.3, -0.25) is 23.2 Å². The molecule has 19 heteroatoms. The number of esters is 2. The molecular formula is C43H80O17P2. The fraction of sp³-hybridized carbons (Fsp3) is 0.907. The van der Waals surface area contributed by atoms with Crippen LogP contribution < -0.4 is 0 Å².